The predicted octanol–water partition coefficient (Wildman–Crippen LogP) is 2.61. The lowest BCUT2D eigenvalue weighted by atomic mass is 9.81. The lowest BCUT2D eigenvalue weighted by molar-refractivity contribution is 0.00893. The summed E-state index contributed by atoms with van der Waals surface area (Å²) in [6.07, 6.45) is 9.04. The van der Waals surface area contributed by atoms with Crippen LogP contribution < -0.4 is 5.32 Å². The Labute approximate surface area is 128 Å². The van der Waals surface area contributed by atoms with Crippen molar-refractivity contribution in [3.05, 3.63) is 24.3 Å². The molecule has 1 aromatic heterocycles. The SMILES string of the molecule is CC(C)(C)C1CN(Cc2ncccn2)C2(CCCC2)CN1. The minimum Gasteiger partial charge on any atom is -0.310 e. The van der Waals surface area contributed by atoms with Gasteiger partial charge in [-0.3, -0.25) is 4.90 Å². The van der Waals surface area contributed by atoms with Gasteiger partial charge in [-0.2, -0.15) is 0 Å². The molecule has 2 aliphatic rings. The zero-order chi connectivity index (χ0) is 14.9. The van der Waals surface area contributed by atoms with Gasteiger partial charge >= 0.3 is 0 Å². The number of hydrogen-bond acceptors (Lipinski definition) is 4. The highest BCUT2D eigenvalue weighted by atomic mass is 15.3. The van der Waals surface area contributed by atoms with Gasteiger partial charge in [-0.25, -0.2) is 9.97 Å². The summed E-state index contributed by atoms with van der Waals surface area (Å²) in [6, 6.07) is 2.43. The number of hydrogen-bond donors (Lipinski definition) is 1. The van der Waals surface area contributed by atoms with Crippen molar-refractivity contribution < 1.29 is 0 Å². The van der Waals surface area contributed by atoms with Gasteiger partial charge in [0.1, 0.15) is 5.82 Å². The van der Waals surface area contributed by atoms with Gasteiger partial charge < -0.3 is 5.32 Å². The molecule has 4 heteroatoms. The fourth-order valence-electron chi connectivity index (χ4n) is 3.82. The molecular weight excluding hydrogens is 260 g/mol. The molecule has 21 heavy (non-hydrogen) atoms. The van der Waals surface area contributed by atoms with Gasteiger partial charge in [0, 0.05) is 37.1 Å². The van der Waals surface area contributed by atoms with Gasteiger partial charge in [0.25, 0.3) is 0 Å². The molecule has 2 heterocycles. The van der Waals surface area contributed by atoms with Crippen molar-refractivity contribution in [1.82, 2.24) is 20.2 Å². The van der Waals surface area contributed by atoms with Crippen LogP contribution >= 0.6 is 0 Å². The van der Waals surface area contributed by atoms with Crippen molar-refractivity contribution in [3.8, 4) is 0 Å². The maximum Gasteiger partial charge on any atom is 0.142 e. The van der Waals surface area contributed by atoms with Gasteiger partial charge in [-0.05, 0) is 24.3 Å². The van der Waals surface area contributed by atoms with Crippen molar-refractivity contribution >= 4 is 0 Å². The van der Waals surface area contributed by atoms with Gasteiger partial charge in [0.15, 0.2) is 0 Å². The summed E-state index contributed by atoms with van der Waals surface area (Å²) >= 11 is 0. The van der Waals surface area contributed by atoms with Crippen LogP contribution in [0.5, 0.6) is 0 Å². The van der Waals surface area contributed by atoms with Gasteiger partial charge in [0.2, 0.25) is 0 Å². The van der Waals surface area contributed by atoms with E-state index in [-0.39, 0.29) is 5.41 Å². The monoisotopic (exact) mass is 288 g/mol. The molecule has 0 radical (unpaired) electrons. The Hall–Kier alpha value is -1.00. The van der Waals surface area contributed by atoms with E-state index in [0.29, 0.717) is 11.6 Å². The first kappa shape index (κ1) is 14.9. The maximum atomic E-state index is 4.44. The summed E-state index contributed by atoms with van der Waals surface area (Å²) in [4.78, 5) is 11.6. The van der Waals surface area contributed by atoms with E-state index in [9.17, 15) is 0 Å². The standard InChI is InChI=1S/C17H28N4/c1-16(2,3)14-11-21(12-15-18-9-6-10-19-15)17(13-20-14)7-4-5-8-17/h6,9-10,14,20H,4-5,7-8,11-13H2,1-3H3. The van der Waals surface area contributed by atoms with E-state index < -0.39 is 0 Å². The van der Waals surface area contributed by atoms with Crippen LogP contribution in [0.2, 0.25) is 0 Å². The van der Waals surface area contributed by atoms with Crippen LogP contribution in [0.1, 0.15) is 52.3 Å². The van der Waals surface area contributed by atoms with Crippen molar-refractivity contribution in [1.29, 1.82) is 0 Å². The second-order valence-electron chi connectivity index (χ2n) is 7.78. The van der Waals surface area contributed by atoms with Crippen molar-refractivity contribution in [2.24, 2.45) is 5.41 Å². The molecule has 116 valence electrons. The van der Waals surface area contributed by atoms with E-state index in [4.69, 9.17) is 0 Å². The predicted molar refractivity (Wildman–Crippen MR) is 84.9 cm³/mol. The molecule has 1 atom stereocenters. The number of nitrogens with one attached hydrogen (secondary N) is 1. The molecule has 0 bridgehead atoms. The average Bonchev–Trinajstić information content (AvgIpc) is 2.91. The summed E-state index contributed by atoms with van der Waals surface area (Å²) in [5, 5.41) is 3.83. The molecule has 1 N–H and O–H groups in total. The van der Waals surface area contributed by atoms with Gasteiger partial charge in [-0.15, -0.1) is 0 Å². The number of nitrogens with zero attached hydrogens (tertiary/aromatic N) is 3. The van der Waals surface area contributed by atoms with Crippen molar-refractivity contribution in [2.75, 3.05) is 13.1 Å². The summed E-state index contributed by atoms with van der Waals surface area (Å²) in [6.45, 7) is 10.1. The lowest BCUT2D eigenvalue weighted by Crippen LogP contribution is -2.65. The summed E-state index contributed by atoms with van der Waals surface area (Å²) in [5.41, 5.74) is 0.622. The molecule has 0 amide bonds. The molecule has 1 spiro atoms. The molecule has 1 aromatic rings. The molecule has 0 aromatic carbocycles. The smallest absolute Gasteiger partial charge is 0.142 e. The van der Waals surface area contributed by atoms with E-state index in [1.54, 1.807) is 0 Å². The first-order valence-corrected chi connectivity index (χ1v) is 8.24. The molecule has 2 fully saturated rings. The van der Waals surface area contributed by atoms with Crippen LogP contribution in [0.25, 0.3) is 0 Å². The van der Waals surface area contributed by atoms with E-state index in [1.165, 1.54) is 25.7 Å². The van der Waals surface area contributed by atoms with E-state index in [0.717, 1.165) is 25.5 Å². The fraction of sp³-hybridized carbons (Fsp3) is 0.765. The number of rotatable bonds is 2. The Kier molecular flexibility index (Phi) is 4.02. The summed E-state index contributed by atoms with van der Waals surface area (Å²) in [5.74, 6) is 0.957. The second-order valence-corrected chi connectivity index (χ2v) is 7.78. The molecule has 4 nitrogen and oxygen atoms in total. The lowest BCUT2D eigenvalue weighted by Gasteiger charge is -2.51. The zero-order valence-electron chi connectivity index (χ0n) is 13.6. The fourth-order valence-corrected chi connectivity index (χ4v) is 3.82. The van der Waals surface area contributed by atoms with Crippen molar-refractivity contribution in [3.63, 3.8) is 0 Å². The zero-order valence-corrected chi connectivity index (χ0v) is 13.6. The molecule has 1 saturated heterocycles. The number of piperazine rings is 1. The Morgan fingerprint density at radius 1 is 1.24 bits per heavy atom. The molecule has 3 rings (SSSR count). The van der Waals surface area contributed by atoms with Crippen LogP contribution in [0.4, 0.5) is 0 Å². The average molecular weight is 288 g/mol. The van der Waals surface area contributed by atoms with Crippen LogP contribution in [0.15, 0.2) is 18.5 Å². The highest BCUT2D eigenvalue weighted by molar-refractivity contribution is 5.05. The highest BCUT2D eigenvalue weighted by Crippen LogP contribution is 2.39. The van der Waals surface area contributed by atoms with Gasteiger partial charge in [-0.1, -0.05) is 33.6 Å². The summed E-state index contributed by atoms with van der Waals surface area (Å²) in [7, 11) is 0. The largest absolute Gasteiger partial charge is 0.310 e. The Balaban J connectivity index is 1.80. The first-order valence-electron chi connectivity index (χ1n) is 8.24. The third kappa shape index (κ3) is 3.11. The second kappa shape index (κ2) is 5.65. The Morgan fingerprint density at radius 2 is 1.90 bits per heavy atom. The van der Waals surface area contributed by atoms with Crippen LogP contribution in [0, 0.1) is 5.41 Å². The maximum absolute atomic E-state index is 4.44. The third-order valence-corrected chi connectivity index (χ3v) is 5.28. The Morgan fingerprint density at radius 3 is 2.52 bits per heavy atom. The summed E-state index contributed by atoms with van der Waals surface area (Å²) < 4.78 is 0. The first-order chi connectivity index (χ1) is 10.00. The highest BCUT2D eigenvalue weighted by Gasteiger charge is 2.45. The minimum absolute atomic E-state index is 0.288. The third-order valence-electron chi connectivity index (χ3n) is 5.28. The van der Waals surface area contributed by atoms with Crippen LogP contribution in [-0.4, -0.2) is 39.5 Å². The topological polar surface area (TPSA) is 41.1 Å². The van der Waals surface area contributed by atoms with Crippen LogP contribution in [0.3, 0.4) is 0 Å². The quantitative estimate of drug-likeness (QED) is 0.908. The molecule has 1 saturated carbocycles. The van der Waals surface area contributed by atoms with E-state index in [1.807, 2.05) is 18.5 Å². The molecule has 1 aliphatic carbocycles. The van der Waals surface area contributed by atoms with E-state index >= 15 is 0 Å². The normalized spacial score (nSPS) is 26.3. The van der Waals surface area contributed by atoms with Gasteiger partial charge in [0.05, 0.1) is 6.54 Å². The molecular formula is C17H28N4. The van der Waals surface area contributed by atoms with Crippen LogP contribution in [-0.2, 0) is 6.54 Å². The minimum atomic E-state index is 0.288. The Bertz CT molecular complexity index is 459. The van der Waals surface area contributed by atoms with E-state index in [2.05, 4.69) is 41.0 Å². The molecule has 1 unspecified atom stereocenters. The van der Waals surface area contributed by atoms with Crippen molar-refractivity contribution in [2.45, 2.75) is 64.6 Å². The number of aromatic nitrogens is 2. The molecule has 1 aliphatic heterocycles.